The summed E-state index contributed by atoms with van der Waals surface area (Å²) in [4.78, 5) is 17.7. The summed E-state index contributed by atoms with van der Waals surface area (Å²) < 4.78 is 1.64. The zero-order valence-corrected chi connectivity index (χ0v) is 15.2. The first-order valence-electron chi connectivity index (χ1n) is 7.46. The predicted octanol–water partition coefficient (Wildman–Crippen LogP) is 4.22. The number of rotatable bonds is 4. The van der Waals surface area contributed by atoms with E-state index in [2.05, 4.69) is 15.4 Å². The molecule has 0 aliphatic rings. The van der Waals surface area contributed by atoms with E-state index in [0.717, 1.165) is 10.4 Å². The smallest absolute Gasteiger partial charge is 0.262 e. The Kier molecular flexibility index (Phi) is 4.69. The Morgan fingerprint density at radius 3 is 2.58 bits per heavy atom. The standard InChI is InChI=1S/C17H17ClN4OS/c1-10-4-6-13(7-5-10)9-22-15(18)14(12(3)21-22)16(23)20-17-19-8-11(2)24-17/h4-8H,9H2,1-3H3,(H,19,20,23). The Bertz CT molecular complexity index is 883. The largest absolute Gasteiger partial charge is 0.298 e. The van der Waals surface area contributed by atoms with Crippen molar-refractivity contribution < 1.29 is 4.79 Å². The lowest BCUT2D eigenvalue weighted by Gasteiger charge is -2.05. The van der Waals surface area contributed by atoms with Gasteiger partial charge in [-0.3, -0.25) is 10.1 Å². The van der Waals surface area contributed by atoms with Gasteiger partial charge in [-0.25, -0.2) is 9.67 Å². The average molecular weight is 361 g/mol. The maximum absolute atomic E-state index is 12.5. The van der Waals surface area contributed by atoms with Gasteiger partial charge in [-0.1, -0.05) is 41.4 Å². The summed E-state index contributed by atoms with van der Waals surface area (Å²) in [6.07, 6.45) is 1.72. The van der Waals surface area contributed by atoms with Crippen molar-refractivity contribution in [2.75, 3.05) is 5.32 Å². The highest BCUT2D eigenvalue weighted by Gasteiger charge is 2.21. The van der Waals surface area contributed by atoms with Gasteiger partial charge in [0.1, 0.15) is 5.15 Å². The van der Waals surface area contributed by atoms with Gasteiger partial charge >= 0.3 is 0 Å². The number of nitrogens with one attached hydrogen (secondary N) is 1. The predicted molar refractivity (Wildman–Crippen MR) is 97.1 cm³/mol. The van der Waals surface area contributed by atoms with Crippen molar-refractivity contribution in [3.8, 4) is 0 Å². The fourth-order valence-electron chi connectivity index (χ4n) is 2.35. The second-order valence-electron chi connectivity index (χ2n) is 5.62. The van der Waals surface area contributed by atoms with Crippen LogP contribution >= 0.6 is 22.9 Å². The molecule has 0 saturated heterocycles. The molecule has 124 valence electrons. The van der Waals surface area contributed by atoms with Crippen LogP contribution in [0.15, 0.2) is 30.5 Å². The molecule has 2 aromatic heterocycles. The summed E-state index contributed by atoms with van der Waals surface area (Å²) in [5.74, 6) is -0.290. The monoisotopic (exact) mass is 360 g/mol. The third kappa shape index (κ3) is 3.49. The summed E-state index contributed by atoms with van der Waals surface area (Å²) in [6.45, 7) is 6.27. The van der Waals surface area contributed by atoms with E-state index in [9.17, 15) is 4.79 Å². The summed E-state index contributed by atoms with van der Waals surface area (Å²) >= 11 is 7.82. The van der Waals surface area contributed by atoms with Crippen LogP contribution in [0, 0.1) is 20.8 Å². The third-order valence-electron chi connectivity index (χ3n) is 3.59. The molecule has 7 heteroatoms. The van der Waals surface area contributed by atoms with Gasteiger partial charge in [0.15, 0.2) is 5.13 Å². The summed E-state index contributed by atoms with van der Waals surface area (Å²) in [6, 6.07) is 8.14. The van der Waals surface area contributed by atoms with Gasteiger partial charge in [-0.05, 0) is 26.3 Å². The van der Waals surface area contributed by atoms with Gasteiger partial charge in [0.2, 0.25) is 0 Å². The van der Waals surface area contributed by atoms with Crippen molar-refractivity contribution in [1.82, 2.24) is 14.8 Å². The molecule has 1 amide bonds. The highest BCUT2D eigenvalue weighted by molar-refractivity contribution is 7.15. The highest BCUT2D eigenvalue weighted by atomic mass is 35.5. The Hall–Kier alpha value is -2.18. The van der Waals surface area contributed by atoms with E-state index in [1.54, 1.807) is 17.8 Å². The number of hydrogen-bond donors (Lipinski definition) is 1. The Morgan fingerprint density at radius 2 is 1.96 bits per heavy atom. The summed E-state index contributed by atoms with van der Waals surface area (Å²) in [5.41, 5.74) is 3.25. The fraction of sp³-hybridized carbons (Fsp3) is 0.235. The second kappa shape index (κ2) is 6.75. The molecule has 1 aromatic carbocycles. The molecule has 0 saturated carbocycles. The van der Waals surface area contributed by atoms with Crippen LogP contribution in [0.25, 0.3) is 0 Å². The number of halogens is 1. The van der Waals surface area contributed by atoms with Gasteiger partial charge in [-0.2, -0.15) is 5.10 Å². The maximum atomic E-state index is 12.5. The van der Waals surface area contributed by atoms with Crippen LogP contribution in [0.2, 0.25) is 5.15 Å². The number of hydrogen-bond acceptors (Lipinski definition) is 4. The number of aromatic nitrogens is 3. The van der Waals surface area contributed by atoms with Gasteiger partial charge in [0, 0.05) is 11.1 Å². The first kappa shape index (κ1) is 16.7. The zero-order chi connectivity index (χ0) is 17.3. The number of carbonyl (C=O) groups is 1. The van der Waals surface area contributed by atoms with Crippen LogP contribution in [0.1, 0.15) is 32.1 Å². The molecule has 2 heterocycles. The number of benzene rings is 1. The molecule has 0 atom stereocenters. The zero-order valence-electron chi connectivity index (χ0n) is 13.6. The molecule has 0 spiro atoms. The van der Waals surface area contributed by atoms with E-state index < -0.39 is 0 Å². The van der Waals surface area contributed by atoms with E-state index >= 15 is 0 Å². The molecule has 0 fully saturated rings. The van der Waals surface area contributed by atoms with Crippen molar-refractivity contribution in [2.24, 2.45) is 0 Å². The van der Waals surface area contributed by atoms with Crippen LogP contribution in [-0.4, -0.2) is 20.7 Å². The Balaban J connectivity index is 1.83. The lowest BCUT2D eigenvalue weighted by molar-refractivity contribution is 0.102. The third-order valence-corrected chi connectivity index (χ3v) is 4.80. The molecular weight excluding hydrogens is 344 g/mol. The molecule has 24 heavy (non-hydrogen) atoms. The van der Waals surface area contributed by atoms with Crippen LogP contribution < -0.4 is 5.32 Å². The molecule has 0 bridgehead atoms. The molecular formula is C17H17ClN4OS. The van der Waals surface area contributed by atoms with Gasteiger partial charge in [0.25, 0.3) is 5.91 Å². The fourth-order valence-corrected chi connectivity index (χ4v) is 3.33. The average Bonchev–Trinajstić information content (AvgIpc) is 3.05. The van der Waals surface area contributed by atoms with Crippen LogP contribution in [-0.2, 0) is 6.54 Å². The van der Waals surface area contributed by atoms with Gasteiger partial charge in [-0.15, -0.1) is 11.3 Å². The lowest BCUT2D eigenvalue weighted by atomic mass is 10.1. The van der Waals surface area contributed by atoms with Crippen LogP contribution in [0.3, 0.4) is 0 Å². The normalized spacial score (nSPS) is 10.8. The first-order chi connectivity index (χ1) is 11.4. The number of nitrogens with zero attached hydrogens (tertiary/aromatic N) is 3. The van der Waals surface area contributed by atoms with E-state index in [-0.39, 0.29) is 5.91 Å². The molecule has 3 aromatic rings. The van der Waals surface area contributed by atoms with E-state index in [4.69, 9.17) is 11.6 Å². The summed E-state index contributed by atoms with van der Waals surface area (Å²) in [7, 11) is 0. The minimum absolute atomic E-state index is 0.290. The summed E-state index contributed by atoms with van der Waals surface area (Å²) in [5, 5.41) is 8.07. The molecule has 5 nitrogen and oxygen atoms in total. The first-order valence-corrected chi connectivity index (χ1v) is 8.65. The van der Waals surface area contributed by atoms with Crippen molar-refractivity contribution in [3.63, 3.8) is 0 Å². The SMILES string of the molecule is Cc1ccc(Cn2nc(C)c(C(=O)Nc3ncc(C)s3)c2Cl)cc1. The number of anilines is 1. The lowest BCUT2D eigenvalue weighted by Crippen LogP contribution is -2.13. The molecule has 0 unspecified atom stereocenters. The van der Waals surface area contributed by atoms with E-state index in [1.165, 1.54) is 16.9 Å². The second-order valence-corrected chi connectivity index (χ2v) is 7.22. The number of carbonyl (C=O) groups excluding carboxylic acids is 1. The van der Waals surface area contributed by atoms with Gasteiger partial charge in [0.05, 0.1) is 17.8 Å². The topological polar surface area (TPSA) is 59.8 Å². The van der Waals surface area contributed by atoms with Crippen molar-refractivity contribution in [1.29, 1.82) is 0 Å². The van der Waals surface area contributed by atoms with Gasteiger partial charge < -0.3 is 0 Å². The molecule has 3 rings (SSSR count). The number of thiazole rings is 1. The molecule has 0 aliphatic heterocycles. The minimum Gasteiger partial charge on any atom is -0.298 e. The number of amides is 1. The molecule has 0 radical (unpaired) electrons. The van der Waals surface area contributed by atoms with Crippen molar-refractivity contribution in [2.45, 2.75) is 27.3 Å². The van der Waals surface area contributed by atoms with Crippen LogP contribution in [0.4, 0.5) is 5.13 Å². The van der Waals surface area contributed by atoms with Crippen molar-refractivity contribution >= 4 is 34.0 Å². The Morgan fingerprint density at radius 1 is 1.25 bits per heavy atom. The highest BCUT2D eigenvalue weighted by Crippen LogP contribution is 2.24. The Labute approximate surface area is 149 Å². The van der Waals surface area contributed by atoms with Crippen molar-refractivity contribution in [3.05, 3.63) is 62.9 Å². The molecule has 1 N–H and O–H groups in total. The quantitative estimate of drug-likeness (QED) is 0.757. The van der Waals surface area contributed by atoms with E-state index in [0.29, 0.717) is 28.1 Å². The minimum atomic E-state index is -0.290. The van der Waals surface area contributed by atoms with E-state index in [1.807, 2.05) is 38.1 Å². The number of aryl methyl sites for hydroxylation is 3. The molecule has 0 aliphatic carbocycles. The van der Waals surface area contributed by atoms with Crippen LogP contribution in [0.5, 0.6) is 0 Å². The maximum Gasteiger partial charge on any atom is 0.262 e.